The number of aromatic amines is 1. The van der Waals surface area contributed by atoms with E-state index >= 15 is 0 Å². The number of rotatable bonds is 3. The Labute approximate surface area is 118 Å². The zero-order chi connectivity index (χ0) is 14.1. The summed E-state index contributed by atoms with van der Waals surface area (Å²) < 4.78 is 5.24. The van der Waals surface area contributed by atoms with E-state index in [9.17, 15) is 4.79 Å². The molecular formula is C16H20N2O2. The van der Waals surface area contributed by atoms with E-state index in [1.54, 1.807) is 0 Å². The molecule has 0 saturated carbocycles. The normalized spacial score (nSPS) is 18.6. The van der Waals surface area contributed by atoms with E-state index in [2.05, 4.69) is 42.3 Å². The number of carbonyl (C=O) groups is 1. The number of aryl methyl sites for hydroxylation is 2. The Bertz CT molecular complexity index is 639. The second kappa shape index (κ2) is 5.29. The molecule has 0 bridgehead atoms. The largest absolute Gasteiger partial charge is 0.381 e. The van der Waals surface area contributed by atoms with Gasteiger partial charge in [0, 0.05) is 29.7 Å². The van der Waals surface area contributed by atoms with Gasteiger partial charge in [-0.25, -0.2) is 0 Å². The molecule has 1 atom stereocenters. The van der Waals surface area contributed by atoms with E-state index in [0.29, 0.717) is 19.8 Å². The molecule has 3 rings (SSSR count). The number of ether oxygens (including phenoxy) is 1. The van der Waals surface area contributed by atoms with Gasteiger partial charge in [0.25, 0.3) is 0 Å². The zero-order valence-electron chi connectivity index (χ0n) is 12.0. The first kappa shape index (κ1) is 13.2. The predicted octanol–water partition coefficient (Wildman–Crippen LogP) is 2.44. The van der Waals surface area contributed by atoms with Crippen LogP contribution in [0.15, 0.2) is 18.2 Å². The second-order valence-corrected chi connectivity index (χ2v) is 5.53. The molecule has 2 N–H and O–H groups in total. The van der Waals surface area contributed by atoms with E-state index in [0.717, 1.165) is 17.5 Å². The lowest BCUT2D eigenvalue weighted by atomic mass is 10.1. The summed E-state index contributed by atoms with van der Waals surface area (Å²) in [7, 11) is 0. The summed E-state index contributed by atoms with van der Waals surface area (Å²) in [6.45, 7) is 6.03. The molecule has 1 aliphatic rings. The highest BCUT2D eigenvalue weighted by atomic mass is 16.5. The van der Waals surface area contributed by atoms with Gasteiger partial charge < -0.3 is 15.0 Å². The van der Waals surface area contributed by atoms with E-state index in [4.69, 9.17) is 4.74 Å². The molecule has 0 spiro atoms. The number of carbonyl (C=O) groups excluding carboxylic acids is 1. The van der Waals surface area contributed by atoms with Crippen LogP contribution in [0.5, 0.6) is 0 Å². The van der Waals surface area contributed by atoms with Crippen LogP contribution in [-0.4, -0.2) is 24.1 Å². The van der Waals surface area contributed by atoms with Crippen molar-refractivity contribution >= 4 is 16.8 Å². The molecule has 20 heavy (non-hydrogen) atoms. The van der Waals surface area contributed by atoms with Crippen molar-refractivity contribution in [2.75, 3.05) is 13.2 Å². The standard InChI is InChI=1S/C16H20N2O2/c1-10-11(2)18-15-4-3-12(7-14(10)15)8-17-16(19)13-5-6-20-9-13/h3-4,7,13,18H,5-6,8-9H2,1-2H3,(H,17,19)/t13-/m0/s1. The Morgan fingerprint density at radius 2 is 2.30 bits per heavy atom. The Hall–Kier alpha value is -1.81. The van der Waals surface area contributed by atoms with Crippen LogP contribution >= 0.6 is 0 Å². The van der Waals surface area contributed by atoms with Crippen LogP contribution in [0.2, 0.25) is 0 Å². The monoisotopic (exact) mass is 272 g/mol. The van der Waals surface area contributed by atoms with Gasteiger partial charge in [0.1, 0.15) is 0 Å². The third kappa shape index (κ3) is 2.43. The summed E-state index contributed by atoms with van der Waals surface area (Å²) in [6.07, 6.45) is 0.834. The fraction of sp³-hybridized carbons (Fsp3) is 0.438. The van der Waals surface area contributed by atoms with Crippen molar-refractivity contribution in [3.05, 3.63) is 35.0 Å². The van der Waals surface area contributed by atoms with Crippen LogP contribution in [0.1, 0.15) is 23.2 Å². The smallest absolute Gasteiger partial charge is 0.225 e. The van der Waals surface area contributed by atoms with E-state index in [1.165, 1.54) is 16.6 Å². The Morgan fingerprint density at radius 3 is 3.05 bits per heavy atom. The molecule has 4 heteroatoms. The zero-order valence-corrected chi connectivity index (χ0v) is 12.0. The first-order valence-corrected chi connectivity index (χ1v) is 7.08. The molecule has 1 amide bonds. The van der Waals surface area contributed by atoms with Crippen LogP contribution in [-0.2, 0) is 16.1 Å². The van der Waals surface area contributed by atoms with Gasteiger partial charge in [-0.05, 0) is 43.5 Å². The maximum atomic E-state index is 12.0. The fourth-order valence-corrected chi connectivity index (χ4v) is 2.69. The van der Waals surface area contributed by atoms with E-state index < -0.39 is 0 Å². The number of hydrogen-bond acceptors (Lipinski definition) is 2. The van der Waals surface area contributed by atoms with Crippen molar-refractivity contribution in [1.82, 2.24) is 10.3 Å². The second-order valence-electron chi connectivity index (χ2n) is 5.53. The van der Waals surface area contributed by atoms with Crippen molar-refractivity contribution < 1.29 is 9.53 Å². The first-order valence-electron chi connectivity index (χ1n) is 7.08. The van der Waals surface area contributed by atoms with Gasteiger partial charge in [-0.1, -0.05) is 6.07 Å². The Morgan fingerprint density at radius 1 is 1.45 bits per heavy atom. The topological polar surface area (TPSA) is 54.1 Å². The maximum absolute atomic E-state index is 12.0. The summed E-state index contributed by atoms with van der Waals surface area (Å²) in [5.41, 5.74) is 4.76. The molecular weight excluding hydrogens is 252 g/mol. The van der Waals surface area contributed by atoms with Gasteiger partial charge >= 0.3 is 0 Å². The highest BCUT2D eigenvalue weighted by Gasteiger charge is 2.22. The summed E-state index contributed by atoms with van der Waals surface area (Å²) in [4.78, 5) is 15.3. The number of amides is 1. The minimum atomic E-state index is 0.0231. The third-order valence-corrected chi connectivity index (χ3v) is 4.14. The number of benzene rings is 1. The SMILES string of the molecule is Cc1[nH]c2ccc(CNC(=O)[C@H]3CCOC3)cc2c1C. The quantitative estimate of drug-likeness (QED) is 0.901. The molecule has 106 valence electrons. The maximum Gasteiger partial charge on any atom is 0.225 e. The molecule has 1 aromatic heterocycles. The Kier molecular flexibility index (Phi) is 3.49. The van der Waals surface area contributed by atoms with Crippen molar-refractivity contribution in [1.29, 1.82) is 0 Å². The van der Waals surface area contributed by atoms with E-state index in [1.807, 2.05) is 0 Å². The fourth-order valence-electron chi connectivity index (χ4n) is 2.69. The van der Waals surface area contributed by atoms with Crippen LogP contribution in [0.4, 0.5) is 0 Å². The summed E-state index contributed by atoms with van der Waals surface area (Å²) in [5.74, 6) is 0.125. The molecule has 1 aromatic carbocycles. The molecule has 2 heterocycles. The number of hydrogen-bond donors (Lipinski definition) is 2. The molecule has 0 radical (unpaired) electrons. The number of fused-ring (bicyclic) bond motifs is 1. The molecule has 1 aliphatic heterocycles. The van der Waals surface area contributed by atoms with Crippen LogP contribution in [0, 0.1) is 19.8 Å². The summed E-state index contributed by atoms with van der Waals surface area (Å²) >= 11 is 0. The molecule has 1 fully saturated rings. The van der Waals surface area contributed by atoms with Gasteiger partial charge in [0.05, 0.1) is 12.5 Å². The summed E-state index contributed by atoms with van der Waals surface area (Å²) in [5, 5.41) is 4.24. The average molecular weight is 272 g/mol. The summed E-state index contributed by atoms with van der Waals surface area (Å²) in [6, 6.07) is 6.29. The minimum Gasteiger partial charge on any atom is -0.381 e. The lowest BCUT2D eigenvalue weighted by Crippen LogP contribution is -2.30. The third-order valence-electron chi connectivity index (χ3n) is 4.14. The van der Waals surface area contributed by atoms with Crippen LogP contribution in [0.3, 0.4) is 0 Å². The Balaban J connectivity index is 1.71. The number of nitrogens with one attached hydrogen (secondary N) is 2. The molecule has 0 unspecified atom stereocenters. The highest BCUT2D eigenvalue weighted by molar-refractivity contribution is 5.85. The predicted molar refractivity (Wildman–Crippen MR) is 78.5 cm³/mol. The highest BCUT2D eigenvalue weighted by Crippen LogP contribution is 2.22. The van der Waals surface area contributed by atoms with Crippen molar-refractivity contribution in [2.45, 2.75) is 26.8 Å². The van der Waals surface area contributed by atoms with Crippen LogP contribution in [0.25, 0.3) is 10.9 Å². The van der Waals surface area contributed by atoms with Gasteiger partial charge in [-0.15, -0.1) is 0 Å². The van der Waals surface area contributed by atoms with Gasteiger partial charge in [-0.2, -0.15) is 0 Å². The first-order chi connectivity index (χ1) is 9.65. The van der Waals surface area contributed by atoms with Gasteiger partial charge in [-0.3, -0.25) is 4.79 Å². The molecule has 4 nitrogen and oxygen atoms in total. The van der Waals surface area contributed by atoms with Crippen molar-refractivity contribution in [3.8, 4) is 0 Å². The van der Waals surface area contributed by atoms with E-state index in [-0.39, 0.29) is 11.8 Å². The number of H-pyrrole nitrogens is 1. The molecule has 2 aromatic rings. The van der Waals surface area contributed by atoms with Gasteiger partial charge in [0.2, 0.25) is 5.91 Å². The van der Waals surface area contributed by atoms with Crippen LogP contribution < -0.4 is 5.32 Å². The van der Waals surface area contributed by atoms with Gasteiger partial charge in [0.15, 0.2) is 0 Å². The van der Waals surface area contributed by atoms with Crippen molar-refractivity contribution in [2.24, 2.45) is 5.92 Å². The molecule has 0 aliphatic carbocycles. The lowest BCUT2D eigenvalue weighted by Gasteiger charge is -2.09. The lowest BCUT2D eigenvalue weighted by molar-refractivity contribution is -0.125. The average Bonchev–Trinajstić information content (AvgIpc) is 3.07. The minimum absolute atomic E-state index is 0.0231. The molecule has 1 saturated heterocycles. The van der Waals surface area contributed by atoms with Crippen molar-refractivity contribution in [3.63, 3.8) is 0 Å². The number of aromatic nitrogens is 1.